The number of aliphatic hydroxyl groups is 1. The first-order chi connectivity index (χ1) is 8.53. The van der Waals surface area contributed by atoms with Gasteiger partial charge in [-0.05, 0) is 24.7 Å². The number of hydrogen-bond acceptors (Lipinski definition) is 4. The molecule has 1 aliphatic heterocycles. The summed E-state index contributed by atoms with van der Waals surface area (Å²) in [4.78, 5) is 10.4. The van der Waals surface area contributed by atoms with Gasteiger partial charge < -0.3 is 10.0 Å². The average molecular weight is 270 g/mol. The Labute approximate surface area is 113 Å². The zero-order chi connectivity index (χ0) is 13.2. The second-order valence-corrected chi connectivity index (χ2v) is 5.99. The van der Waals surface area contributed by atoms with E-state index in [0.29, 0.717) is 16.1 Å². The first kappa shape index (κ1) is 13.6. The molecular weight excluding hydrogens is 250 g/mol. The molecule has 4 nitrogen and oxygen atoms in total. The third kappa shape index (κ3) is 2.93. The minimum Gasteiger partial charge on any atom is -0.391 e. The van der Waals surface area contributed by atoms with Crippen molar-refractivity contribution in [3.63, 3.8) is 0 Å². The lowest BCUT2D eigenvalue weighted by Crippen LogP contribution is -2.27. The molecule has 0 spiro atoms. The molecule has 0 saturated carbocycles. The molecule has 100 valence electrons. The van der Waals surface area contributed by atoms with Gasteiger partial charge in [0.05, 0.1) is 12.2 Å². The van der Waals surface area contributed by atoms with Gasteiger partial charge in [-0.3, -0.25) is 0 Å². The van der Waals surface area contributed by atoms with Gasteiger partial charge in [-0.15, -0.1) is 0 Å². The van der Waals surface area contributed by atoms with Gasteiger partial charge in [0.2, 0.25) is 0 Å². The predicted octanol–water partition coefficient (Wildman–Crippen LogP) is 2.64. The van der Waals surface area contributed by atoms with Gasteiger partial charge in [0.15, 0.2) is 0 Å². The Balaban J connectivity index is 2.24. The summed E-state index contributed by atoms with van der Waals surface area (Å²) in [6.07, 6.45) is 4.95. The summed E-state index contributed by atoms with van der Waals surface area (Å²) >= 11 is 6.01. The molecule has 0 radical (unpaired) electrons. The normalized spacial score (nSPS) is 19.7. The molecule has 18 heavy (non-hydrogen) atoms. The topological polar surface area (TPSA) is 49.2 Å². The molecule has 0 unspecified atom stereocenters. The van der Waals surface area contributed by atoms with E-state index in [9.17, 15) is 5.11 Å². The Morgan fingerprint density at radius 2 is 2.11 bits per heavy atom. The maximum atomic E-state index is 9.41. The van der Waals surface area contributed by atoms with E-state index in [1.54, 1.807) is 0 Å². The number of halogens is 1. The maximum absolute atomic E-state index is 9.41. The van der Waals surface area contributed by atoms with Crippen LogP contribution in [0.1, 0.15) is 38.7 Å². The Bertz CT molecular complexity index is 423. The van der Waals surface area contributed by atoms with Crippen molar-refractivity contribution < 1.29 is 5.11 Å². The van der Waals surface area contributed by atoms with E-state index in [1.807, 2.05) is 0 Å². The summed E-state index contributed by atoms with van der Waals surface area (Å²) < 4.78 is 0. The lowest BCUT2D eigenvalue weighted by molar-refractivity contribution is 0.281. The molecular formula is C13H20ClN3O. The fourth-order valence-electron chi connectivity index (χ4n) is 2.43. The van der Waals surface area contributed by atoms with Crippen LogP contribution in [0.25, 0.3) is 0 Å². The first-order valence-electron chi connectivity index (χ1n) is 6.39. The van der Waals surface area contributed by atoms with E-state index in [2.05, 4.69) is 28.7 Å². The predicted molar refractivity (Wildman–Crippen MR) is 72.8 cm³/mol. The van der Waals surface area contributed by atoms with Crippen LogP contribution in [-0.2, 0) is 6.61 Å². The summed E-state index contributed by atoms with van der Waals surface area (Å²) in [6.45, 7) is 6.40. The van der Waals surface area contributed by atoms with Crippen molar-refractivity contribution in [3.8, 4) is 0 Å². The maximum Gasteiger partial charge on any atom is 0.140 e. The molecule has 1 aromatic rings. The highest BCUT2D eigenvalue weighted by Gasteiger charge is 2.25. The van der Waals surface area contributed by atoms with Crippen LogP contribution in [0.15, 0.2) is 6.33 Å². The van der Waals surface area contributed by atoms with Crippen LogP contribution >= 0.6 is 11.6 Å². The van der Waals surface area contributed by atoms with Gasteiger partial charge in [-0.2, -0.15) is 0 Å². The summed E-state index contributed by atoms with van der Waals surface area (Å²) in [7, 11) is 0. The van der Waals surface area contributed by atoms with Gasteiger partial charge in [-0.1, -0.05) is 25.4 Å². The van der Waals surface area contributed by atoms with Crippen LogP contribution < -0.4 is 4.90 Å². The summed E-state index contributed by atoms with van der Waals surface area (Å²) in [5, 5.41) is 9.76. The van der Waals surface area contributed by atoms with Crippen LogP contribution in [0.2, 0.25) is 5.15 Å². The van der Waals surface area contributed by atoms with Crippen LogP contribution in [0.3, 0.4) is 0 Å². The zero-order valence-corrected chi connectivity index (χ0v) is 11.7. The van der Waals surface area contributed by atoms with Crippen LogP contribution in [0.4, 0.5) is 5.82 Å². The highest BCUT2D eigenvalue weighted by Crippen LogP contribution is 2.32. The van der Waals surface area contributed by atoms with Gasteiger partial charge >= 0.3 is 0 Å². The monoisotopic (exact) mass is 269 g/mol. The third-order valence-corrected chi connectivity index (χ3v) is 3.99. The molecule has 0 bridgehead atoms. The van der Waals surface area contributed by atoms with Crippen molar-refractivity contribution in [2.75, 3.05) is 18.0 Å². The van der Waals surface area contributed by atoms with Crippen molar-refractivity contribution in [1.29, 1.82) is 0 Å². The fourth-order valence-corrected chi connectivity index (χ4v) is 2.61. The van der Waals surface area contributed by atoms with Crippen molar-refractivity contribution in [1.82, 2.24) is 9.97 Å². The number of rotatable bonds is 2. The van der Waals surface area contributed by atoms with E-state index in [4.69, 9.17) is 11.6 Å². The molecule has 5 heteroatoms. The molecule has 1 fully saturated rings. The smallest absolute Gasteiger partial charge is 0.140 e. The Morgan fingerprint density at radius 1 is 1.33 bits per heavy atom. The van der Waals surface area contributed by atoms with Gasteiger partial charge in [0, 0.05) is 13.1 Å². The molecule has 1 aromatic heterocycles. The minimum absolute atomic E-state index is 0.116. The molecule has 0 aromatic carbocycles. The van der Waals surface area contributed by atoms with Crippen molar-refractivity contribution in [2.24, 2.45) is 5.41 Å². The highest BCUT2D eigenvalue weighted by molar-refractivity contribution is 6.30. The molecule has 0 amide bonds. The Kier molecular flexibility index (Phi) is 4.07. The van der Waals surface area contributed by atoms with Gasteiger partial charge in [0.1, 0.15) is 17.3 Å². The molecule has 0 atom stereocenters. The van der Waals surface area contributed by atoms with E-state index in [-0.39, 0.29) is 6.61 Å². The number of aromatic nitrogens is 2. The molecule has 0 aliphatic carbocycles. The SMILES string of the molecule is CC1(C)CCCN(c2ncnc(Cl)c2CO)CC1. The highest BCUT2D eigenvalue weighted by atomic mass is 35.5. The summed E-state index contributed by atoms with van der Waals surface area (Å²) in [5.41, 5.74) is 1.02. The zero-order valence-electron chi connectivity index (χ0n) is 11.0. The quantitative estimate of drug-likeness (QED) is 0.839. The van der Waals surface area contributed by atoms with Gasteiger partial charge in [-0.25, -0.2) is 9.97 Å². The minimum atomic E-state index is -0.116. The fraction of sp³-hybridized carbons (Fsp3) is 0.692. The number of hydrogen-bond donors (Lipinski definition) is 1. The second-order valence-electron chi connectivity index (χ2n) is 5.63. The van der Waals surface area contributed by atoms with E-state index in [1.165, 1.54) is 12.7 Å². The van der Waals surface area contributed by atoms with Crippen molar-refractivity contribution in [3.05, 3.63) is 17.0 Å². The lowest BCUT2D eigenvalue weighted by atomic mass is 9.85. The van der Waals surface area contributed by atoms with Crippen molar-refractivity contribution in [2.45, 2.75) is 39.7 Å². The summed E-state index contributed by atoms with van der Waals surface area (Å²) in [5.74, 6) is 0.787. The summed E-state index contributed by atoms with van der Waals surface area (Å²) in [6, 6.07) is 0. The van der Waals surface area contributed by atoms with Crippen LogP contribution in [-0.4, -0.2) is 28.2 Å². The molecule has 1 N–H and O–H groups in total. The third-order valence-electron chi connectivity index (χ3n) is 3.67. The Morgan fingerprint density at radius 3 is 2.83 bits per heavy atom. The number of aliphatic hydroxyl groups excluding tert-OH is 1. The van der Waals surface area contributed by atoms with E-state index in [0.717, 1.165) is 31.7 Å². The van der Waals surface area contributed by atoms with Crippen molar-refractivity contribution >= 4 is 17.4 Å². The molecule has 2 heterocycles. The van der Waals surface area contributed by atoms with E-state index < -0.39 is 0 Å². The molecule has 1 aliphatic rings. The number of nitrogens with zero attached hydrogens (tertiary/aromatic N) is 3. The second kappa shape index (κ2) is 5.41. The van der Waals surface area contributed by atoms with E-state index >= 15 is 0 Å². The van der Waals surface area contributed by atoms with Crippen LogP contribution in [0.5, 0.6) is 0 Å². The molecule has 1 saturated heterocycles. The average Bonchev–Trinajstić information content (AvgIpc) is 2.50. The number of anilines is 1. The molecule has 2 rings (SSSR count). The lowest BCUT2D eigenvalue weighted by Gasteiger charge is -2.25. The Hall–Kier alpha value is -0.870. The van der Waals surface area contributed by atoms with Crippen LogP contribution in [0, 0.1) is 5.41 Å². The standard InChI is InChI=1S/C13H20ClN3O/c1-13(2)4-3-6-17(7-5-13)12-10(8-18)11(14)15-9-16-12/h9,18H,3-8H2,1-2H3. The van der Waals surface area contributed by atoms with Gasteiger partial charge in [0.25, 0.3) is 0 Å². The first-order valence-corrected chi connectivity index (χ1v) is 6.76. The largest absolute Gasteiger partial charge is 0.391 e.